The molecule has 0 spiro atoms. The van der Waals surface area contributed by atoms with Crippen LogP contribution in [-0.2, 0) is 0 Å². The molecule has 0 aliphatic carbocycles. The minimum atomic E-state index is -1.50. The van der Waals surface area contributed by atoms with Gasteiger partial charge in [0, 0.05) is 38.0 Å². The van der Waals surface area contributed by atoms with Crippen molar-refractivity contribution >= 4 is 18.3 Å². The number of nitrogens with zero attached hydrogens (tertiary/aromatic N) is 1. The van der Waals surface area contributed by atoms with Crippen molar-refractivity contribution in [3.8, 4) is 28.7 Å². The Balaban J connectivity index is 1.84. The maximum absolute atomic E-state index is 9.20. The second kappa shape index (κ2) is 8.69. The lowest BCUT2D eigenvalue weighted by Gasteiger charge is -2.17. The Labute approximate surface area is 164 Å². The van der Waals surface area contributed by atoms with Gasteiger partial charge >= 0.3 is 7.12 Å². The summed E-state index contributed by atoms with van der Waals surface area (Å²) in [7, 11) is 3.99. The van der Waals surface area contributed by atoms with E-state index in [1.165, 1.54) is 0 Å². The standard InChI is InChI=1S/C21H22BNO5/c1-23(2)16-12-20(27-18-6-4-15(5-7-18)22(24)25)14-21(13-16)28-19-10-8-17(26-3)9-11-19/h4-14,24-25H,1-3H3. The third-order valence-electron chi connectivity index (χ3n) is 4.09. The summed E-state index contributed by atoms with van der Waals surface area (Å²) in [6.07, 6.45) is 0. The van der Waals surface area contributed by atoms with Crippen LogP contribution in [0, 0.1) is 0 Å². The Hall–Kier alpha value is -3.16. The molecule has 0 amide bonds. The van der Waals surface area contributed by atoms with Gasteiger partial charge in [-0.3, -0.25) is 0 Å². The van der Waals surface area contributed by atoms with Crippen molar-refractivity contribution in [1.29, 1.82) is 0 Å². The monoisotopic (exact) mass is 379 g/mol. The highest BCUT2D eigenvalue weighted by atomic mass is 16.5. The third kappa shape index (κ3) is 4.97. The highest BCUT2D eigenvalue weighted by Gasteiger charge is 2.11. The molecule has 0 bridgehead atoms. The topological polar surface area (TPSA) is 71.4 Å². The Morgan fingerprint density at radius 3 is 1.57 bits per heavy atom. The quantitative estimate of drug-likeness (QED) is 0.615. The average molecular weight is 379 g/mol. The molecule has 144 valence electrons. The number of anilines is 1. The number of hydrogen-bond donors (Lipinski definition) is 2. The minimum absolute atomic E-state index is 0.401. The minimum Gasteiger partial charge on any atom is -0.497 e. The highest BCUT2D eigenvalue weighted by molar-refractivity contribution is 6.58. The molecule has 0 heterocycles. The molecule has 0 fully saturated rings. The summed E-state index contributed by atoms with van der Waals surface area (Å²) in [6, 6.07) is 19.5. The zero-order chi connectivity index (χ0) is 20.1. The van der Waals surface area contributed by atoms with Gasteiger partial charge in [-0.2, -0.15) is 0 Å². The predicted molar refractivity (Wildman–Crippen MR) is 110 cm³/mol. The molecule has 3 aromatic carbocycles. The molecule has 0 saturated carbocycles. The van der Waals surface area contributed by atoms with Crippen molar-refractivity contribution in [2.45, 2.75) is 0 Å². The van der Waals surface area contributed by atoms with Crippen LogP contribution in [0.3, 0.4) is 0 Å². The van der Waals surface area contributed by atoms with Crippen LogP contribution in [0.4, 0.5) is 5.69 Å². The van der Waals surface area contributed by atoms with Gasteiger partial charge in [-0.15, -0.1) is 0 Å². The number of rotatable bonds is 7. The fraction of sp³-hybridized carbons (Fsp3) is 0.143. The highest BCUT2D eigenvalue weighted by Crippen LogP contribution is 2.33. The van der Waals surface area contributed by atoms with Gasteiger partial charge in [0.05, 0.1) is 7.11 Å². The largest absolute Gasteiger partial charge is 0.497 e. The van der Waals surface area contributed by atoms with Crippen molar-refractivity contribution < 1.29 is 24.3 Å². The second-order valence-corrected chi connectivity index (χ2v) is 6.38. The van der Waals surface area contributed by atoms with Crippen molar-refractivity contribution in [1.82, 2.24) is 0 Å². The molecule has 28 heavy (non-hydrogen) atoms. The van der Waals surface area contributed by atoms with Gasteiger partial charge < -0.3 is 29.2 Å². The number of hydrogen-bond acceptors (Lipinski definition) is 6. The van der Waals surface area contributed by atoms with Crippen molar-refractivity contribution in [2.75, 3.05) is 26.1 Å². The molecular weight excluding hydrogens is 357 g/mol. The molecule has 2 N–H and O–H groups in total. The van der Waals surface area contributed by atoms with Gasteiger partial charge in [-0.25, -0.2) is 0 Å². The SMILES string of the molecule is COc1ccc(Oc2cc(Oc3ccc(B(O)O)cc3)cc(N(C)C)c2)cc1. The smallest absolute Gasteiger partial charge is 0.488 e. The zero-order valence-electron chi connectivity index (χ0n) is 16.0. The molecule has 0 aliphatic heterocycles. The van der Waals surface area contributed by atoms with E-state index >= 15 is 0 Å². The fourth-order valence-corrected chi connectivity index (χ4v) is 2.56. The van der Waals surface area contributed by atoms with E-state index in [0.29, 0.717) is 28.5 Å². The lowest BCUT2D eigenvalue weighted by Crippen LogP contribution is -2.29. The van der Waals surface area contributed by atoms with Crippen molar-refractivity contribution in [2.24, 2.45) is 0 Å². The molecule has 0 unspecified atom stereocenters. The first-order chi connectivity index (χ1) is 13.4. The average Bonchev–Trinajstić information content (AvgIpc) is 2.69. The number of benzene rings is 3. The van der Waals surface area contributed by atoms with Crippen LogP contribution < -0.4 is 24.6 Å². The van der Waals surface area contributed by atoms with E-state index in [9.17, 15) is 10.0 Å². The summed E-state index contributed by atoms with van der Waals surface area (Å²) in [5, 5.41) is 18.4. The normalized spacial score (nSPS) is 10.3. The maximum atomic E-state index is 9.20. The van der Waals surface area contributed by atoms with E-state index in [2.05, 4.69) is 0 Å². The Morgan fingerprint density at radius 1 is 0.679 bits per heavy atom. The van der Waals surface area contributed by atoms with Gasteiger partial charge in [0.15, 0.2) is 0 Å². The molecule has 6 nitrogen and oxygen atoms in total. The van der Waals surface area contributed by atoms with Crippen LogP contribution in [-0.4, -0.2) is 38.4 Å². The Morgan fingerprint density at radius 2 is 1.14 bits per heavy atom. The molecule has 3 aromatic rings. The second-order valence-electron chi connectivity index (χ2n) is 6.38. The van der Waals surface area contributed by atoms with Crippen molar-refractivity contribution in [3.63, 3.8) is 0 Å². The van der Waals surface area contributed by atoms with E-state index in [4.69, 9.17) is 14.2 Å². The zero-order valence-corrected chi connectivity index (χ0v) is 16.0. The molecule has 0 aliphatic rings. The summed E-state index contributed by atoms with van der Waals surface area (Å²) in [4.78, 5) is 1.96. The summed E-state index contributed by atoms with van der Waals surface area (Å²) in [6.45, 7) is 0. The van der Waals surface area contributed by atoms with E-state index in [-0.39, 0.29) is 0 Å². The summed E-state index contributed by atoms with van der Waals surface area (Å²) in [5.41, 5.74) is 1.32. The van der Waals surface area contributed by atoms with Crippen LogP contribution in [0.2, 0.25) is 0 Å². The van der Waals surface area contributed by atoms with Gasteiger partial charge in [-0.1, -0.05) is 12.1 Å². The van der Waals surface area contributed by atoms with Crippen LogP contribution in [0.1, 0.15) is 0 Å². The first-order valence-corrected chi connectivity index (χ1v) is 8.73. The number of methoxy groups -OCH3 is 1. The van der Waals surface area contributed by atoms with Crippen LogP contribution in [0.15, 0.2) is 66.7 Å². The third-order valence-corrected chi connectivity index (χ3v) is 4.09. The maximum Gasteiger partial charge on any atom is 0.488 e. The summed E-state index contributed by atoms with van der Waals surface area (Å²) in [5.74, 6) is 3.26. The number of ether oxygens (including phenoxy) is 3. The summed E-state index contributed by atoms with van der Waals surface area (Å²) < 4.78 is 17.1. The van der Waals surface area contributed by atoms with E-state index in [0.717, 1.165) is 11.4 Å². The lowest BCUT2D eigenvalue weighted by molar-refractivity contribution is 0.412. The van der Waals surface area contributed by atoms with Gasteiger partial charge in [0.25, 0.3) is 0 Å². The van der Waals surface area contributed by atoms with E-state index in [1.54, 1.807) is 37.4 Å². The van der Waals surface area contributed by atoms with E-state index < -0.39 is 7.12 Å². The fourth-order valence-electron chi connectivity index (χ4n) is 2.56. The molecule has 3 rings (SSSR count). The predicted octanol–water partition coefficient (Wildman–Crippen LogP) is 3.03. The van der Waals surface area contributed by atoms with Crippen molar-refractivity contribution in [3.05, 3.63) is 66.7 Å². The first-order valence-electron chi connectivity index (χ1n) is 8.73. The van der Waals surface area contributed by atoms with Gasteiger partial charge in [-0.05, 0) is 41.9 Å². The molecule has 7 heteroatoms. The van der Waals surface area contributed by atoms with E-state index in [1.807, 2.05) is 55.4 Å². The molecule has 0 aromatic heterocycles. The van der Waals surface area contributed by atoms with Crippen LogP contribution in [0.5, 0.6) is 28.7 Å². The van der Waals surface area contributed by atoms with Gasteiger partial charge in [0.1, 0.15) is 28.7 Å². The summed E-state index contributed by atoms with van der Waals surface area (Å²) >= 11 is 0. The van der Waals surface area contributed by atoms with Gasteiger partial charge in [0.2, 0.25) is 0 Å². The molecule has 0 atom stereocenters. The Kier molecular flexibility index (Phi) is 6.08. The lowest BCUT2D eigenvalue weighted by atomic mass is 9.80. The Bertz CT molecular complexity index is 911. The first kappa shape index (κ1) is 19.6. The van der Waals surface area contributed by atoms with Crippen LogP contribution in [0.25, 0.3) is 0 Å². The molecule has 0 radical (unpaired) electrons. The molecule has 0 saturated heterocycles. The van der Waals surface area contributed by atoms with Crippen LogP contribution >= 0.6 is 0 Å². The molecular formula is C21H22BNO5.